The Balaban J connectivity index is 1.65. The molecule has 1 amide bonds. The molecule has 0 radical (unpaired) electrons. The minimum absolute atomic E-state index is 0.0381. The van der Waals surface area contributed by atoms with E-state index in [1.165, 1.54) is 0 Å². The Hall–Kier alpha value is -2.21. The third-order valence-electron chi connectivity index (χ3n) is 4.11. The molecule has 2 heterocycles. The lowest BCUT2D eigenvalue weighted by Crippen LogP contribution is -2.24. The molecule has 0 aliphatic carbocycles. The molecule has 0 bridgehead atoms. The summed E-state index contributed by atoms with van der Waals surface area (Å²) in [5.74, 6) is 1.10. The quantitative estimate of drug-likeness (QED) is 0.820. The van der Waals surface area contributed by atoms with Crippen LogP contribution in [0.2, 0.25) is 0 Å². The second kappa shape index (κ2) is 6.91. The summed E-state index contributed by atoms with van der Waals surface area (Å²) >= 11 is 0. The van der Waals surface area contributed by atoms with Crippen LogP contribution in [0.5, 0.6) is 0 Å². The van der Waals surface area contributed by atoms with Gasteiger partial charge in [-0.2, -0.15) is 4.98 Å². The van der Waals surface area contributed by atoms with Crippen LogP contribution in [0.4, 0.5) is 5.69 Å². The van der Waals surface area contributed by atoms with Gasteiger partial charge in [0.15, 0.2) is 5.82 Å². The molecule has 0 saturated carbocycles. The number of benzene rings is 1. The van der Waals surface area contributed by atoms with Gasteiger partial charge in [0.25, 0.3) is 5.89 Å². The van der Waals surface area contributed by atoms with Gasteiger partial charge < -0.3 is 14.2 Å². The first kappa shape index (κ1) is 15.7. The highest BCUT2D eigenvalue weighted by molar-refractivity contribution is 5.96. The lowest BCUT2D eigenvalue weighted by Gasteiger charge is -2.15. The van der Waals surface area contributed by atoms with E-state index in [0.717, 1.165) is 12.1 Å². The number of para-hydroxylation sites is 1. The van der Waals surface area contributed by atoms with Crippen LogP contribution in [0.25, 0.3) is 0 Å². The highest BCUT2D eigenvalue weighted by Crippen LogP contribution is 2.30. The maximum Gasteiger partial charge on any atom is 0.252 e. The summed E-state index contributed by atoms with van der Waals surface area (Å²) in [7, 11) is 0. The van der Waals surface area contributed by atoms with E-state index >= 15 is 0 Å². The van der Waals surface area contributed by atoms with E-state index in [4.69, 9.17) is 9.26 Å². The van der Waals surface area contributed by atoms with E-state index in [1.807, 2.05) is 37.3 Å². The van der Waals surface area contributed by atoms with Crippen LogP contribution in [0.1, 0.15) is 44.3 Å². The molecule has 122 valence electrons. The number of hydrogen-bond acceptors (Lipinski definition) is 5. The first-order chi connectivity index (χ1) is 11.2. The van der Waals surface area contributed by atoms with E-state index in [1.54, 1.807) is 4.90 Å². The van der Waals surface area contributed by atoms with Crippen molar-refractivity contribution in [3.63, 3.8) is 0 Å². The molecule has 3 rings (SSSR count). The second-order valence-corrected chi connectivity index (χ2v) is 5.82. The van der Waals surface area contributed by atoms with Gasteiger partial charge in [0.05, 0.1) is 6.10 Å². The highest BCUT2D eigenvalue weighted by atomic mass is 16.5. The van der Waals surface area contributed by atoms with Crippen molar-refractivity contribution in [2.45, 2.75) is 45.3 Å². The first-order valence-corrected chi connectivity index (χ1v) is 7.97. The maximum absolute atomic E-state index is 12.2. The van der Waals surface area contributed by atoms with Crippen molar-refractivity contribution < 1.29 is 14.1 Å². The third-order valence-corrected chi connectivity index (χ3v) is 4.11. The number of aromatic nitrogens is 2. The molecule has 6 nitrogen and oxygen atoms in total. The van der Waals surface area contributed by atoms with Gasteiger partial charge in [-0.3, -0.25) is 4.79 Å². The molecule has 23 heavy (non-hydrogen) atoms. The van der Waals surface area contributed by atoms with Gasteiger partial charge >= 0.3 is 0 Å². The van der Waals surface area contributed by atoms with Gasteiger partial charge in [0.2, 0.25) is 5.91 Å². The Morgan fingerprint density at radius 1 is 1.39 bits per heavy atom. The Morgan fingerprint density at radius 3 is 2.91 bits per heavy atom. The van der Waals surface area contributed by atoms with E-state index in [9.17, 15) is 4.79 Å². The van der Waals surface area contributed by atoms with Gasteiger partial charge in [0.1, 0.15) is 6.61 Å². The van der Waals surface area contributed by atoms with E-state index < -0.39 is 0 Å². The number of carbonyl (C=O) groups excluding carboxylic acids is 1. The van der Waals surface area contributed by atoms with Crippen LogP contribution >= 0.6 is 0 Å². The molecule has 1 aromatic heterocycles. The fraction of sp³-hybridized carbons (Fsp3) is 0.471. The largest absolute Gasteiger partial charge is 0.369 e. The third kappa shape index (κ3) is 3.59. The summed E-state index contributed by atoms with van der Waals surface area (Å²) in [6.07, 6.45) is 1.50. The predicted molar refractivity (Wildman–Crippen MR) is 85.0 cm³/mol. The highest BCUT2D eigenvalue weighted by Gasteiger charge is 2.34. The van der Waals surface area contributed by atoms with Gasteiger partial charge in [-0.1, -0.05) is 30.3 Å². The fourth-order valence-electron chi connectivity index (χ4n) is 2.56. The van der Waals surface area contributed by atoms with Crippen molar-refractivity contribution >= 4 is 11.6 Å². The van der Waals surface area contributed by atoms with E-state index in [-0.39, 0.29) is 17.9 Å². The molecule has 1 aromatic carbocycles. The Morgan fingerprint density at radius 2 is 2.17 bits per heavy atom. The van der Waals surface area contributed by atoms with Crippen LogP contribution in [0, 0.1) is 0 Å². The molecular formula is C17H21N3O3. The Kier molecular flexibility index (Phi) is 4.71. The lowest BCUT2D eigenvalue weighted by atomic mass is 10.1. The zero-order valence-electron chi connectivity index (χ0n) is 13.4. The van der Waals surface area contributed by atoms with E-state index in [2.05, 4.69) is 17.1 Å². The normalized spacial score (nSPS) is 19.3. The average Bonchev–Trinajstić information content (AvgIpc) is 3.20. The molecule has 1 saturated heterocycles. The molecule has 2 aromatic rings. The number of carbonyl (C=O) groups is 1. The summed E-state index contributed by atoms with van der Waals surface area (Å²) < 4.78 is 10.8. The lowest BCUT2D eigenvalue weighted by molar-refractivity contribution is -0.117. The summed E-state index contributed by atoms with van der Waals surface area (Å²) in [6, 6.07) is 9.65. The fourth-order valence-corrected chi connectivity index (χ4v) is 2.56. The number of ether oxygens (including phenoxy) is 1. The molecule has 2 unspecified atom stereocenters. The van der Waals surface area contributed by atoms with Crippen molar-refractivity contribution in [1.29, 1.82) is 0 Å². The average molecular weight is 315 g/mol. The van der Waals surface area contributed by atoms with Crippen LogP contribution in [0.15, 0.2) is 34.9 Å². The SMILES string of the molecule is CCC(C)OCc1nc(C2CC(=O)N(c3ccccc3)C2)no1. The Labute approximate surface area is 135 Å². The van der Waals surface area contributed by atoms with Gasteiger partial charge in [-0.25, -0.2) is 0 Å². The maximum atomic E-state index is 12.2. The number of amides is 1. The van der Waals surface area contributed by atoms with Crippen LogP contribution in [-0.2, 0) is 16.1 Å². The molecule has 0 spiro atoms. The summed E-state index contributed by atoms with van der Waals surface area (Å²) in [4.78, 5) is 18.4. The van der Waals surface area contributed by atoms with Crippen molar-refractivity contribution in [2.75, 3.05) is 11.4 Å². The van der Waals surface area contributed by atoms with Gasteiger partial charge in [0, 0.05) is 24.6 Å². The summed E-state index contributed by atoms with van der Waals surface area (Å²) in [5.41, 5.74) is 0.906. The molecule has 1 aliphatic heterocycles. The number of hydrogen-bond donors (Lipinski definition) is 0. The summed E-state index contributed by atoms with van der Waals surface area (Å²) in [5, 5.41) is 4.02. The topological polar surface area (TPSA) is 68.5 Å². The minimum atomic E-state index is -0.0381. The molecular weight excluding hydrogens is 294 g/mol. The van der Waals surface area contributed by atoms with Crippen molar-refractivity contribution in [2.24, 2.45) is 0 Å². The zero-order chi connectivity index (χ0) is 16.2. The van der Waals surface area contributed by atoms with Crippen molar-refractivity contribution in [3.8, 4) is 0 Å². The molecule has 1 aliphatic rings. The number of rotatable bonds is 6. The smallest absolute Gasteiger partial charge is 0.252 e. The van der Waals surface area contributed by atoms with Crippen LogP contribution in [0.3, 0.4) is 0 Å². The van der Waals surface area contributed by atoms with Crippen LogP contribution in [-0.4, -0.2) is 28.7 Å². The van der Waals surface area contributed by atoms with Crippen molar-refractivity contribution in [3.05, 3.63) is 42.0 Å². The molecule has 1 fully saturated rings. The van der Waals surface area contributed by atoms with Gasteiger partial charge in [-0.05, 0) is 25.5 Å². The van der Waals surface area contributed by atoms with Crippen molar-refractivity contribution in [1.82, 2.24) is 10.1 Å². The second-order valence-electron chi connectivity index (χ2n) is 5.82. The van der Waals surface area contributed by atoms with E-state index in [0.29, 0.717) is 31.3 Å². The standard InChI is InChI=1S/C17H21N3O3/c1-3-12(2)22-11-15-18-17(19-23-15)13-9-16(21)20(10-13)14-7-5-4-6-8-14/h4-8,12-13H,3,9-11H2,1-2H3. The molecule has 0 N–H and O–H groups in total. The number of nitrogens with zero attached hydrogens (tertiary/aromatic N) is 3. The van der Waals surface area contributed by atoms with Gasteiger partial charge in [-0.15, -0.1) is 0 Å². The molecule has 2 atom stereocenters. The zero-order valence-corrected chi connectivity index (χ0v) is 13.4. The predicted octanol–water partition coefficient (Wildman–Crippen LogP) is 2.91. The first-order valence-electron chi connectivity index (χ1n) is 7.97. The summed E-state index contributed by atoms with van der Waals surface area (Å²) in [6.45, 7) is 4.95. The molecule has 6 heteroatoms. The number of anilines is 1. The monoisotopic (exact) mass is 315 g/mol. The Bertz CT molecular complexity index is 656. The van der Waals surface area contributed by atoms with Crippen LogP contribution < -0.4 is 4.90 Å². The minimum Gasteiger partial charge on any atom is -0.369 e.